The predicted octanol–water partition coefficient (Wildman–Crippen LogP) is 2.86. The molecule has 0 aliphatic rings. The highest BCUT2D eigenvalue weighted by molar-refractivity contribution is 5.35. The molecule has 0 bridgehead atoms. The van der Waals surface area contributed by atoms with Crippen LogP contribution in [-0.4, -0.2) is 12.6 Å². The molecule has 3 nitrogen and oxygen atoms in total. The standard InChI is InChI=1S/C14H19FN2O/c1-10(2)8-17-9-12-5-4-6-13(15)14(12)18-11(3)7-16/h4-6,10-11,17H,8-9H2,1-3H3. The Kier molecular flexibility index (Phi) is 5.60. The van der Waals surface area contributed by atoms with Crippen LogP contribution in [0.15, 0.2) is 18.2 Å². The Bertz CT molecular complexity index is 426. The monoisotopic (exact) mass is 250 g/mol. The maximum absolute atomic E-state index is 13.7. The quantitative estimate of drug-likeness (QED) is 0.844. The van der Waals surface area contributed by atoms with Crippen LogP contribution in [0.5, 0.6) is 5.75 Å². The van der Waals surface area contributed by atoms with Gasteiger partial charge in [0.05, 0.1) is 0 Å². The number of hydrogen-bond acceptors (Lipinski definition) is 3. The molecular weight excluding hydrogens is 231 g/mol. The average Bonchev–Trinajstić information content (AvgIpc) is 2.32. The van der Waals surface area contributed by atoms with Gasteiger partial charge >= 0.3 is 0 Å². The number of rotatable bonds is 6. The summed E-state index contributed by atoms with van der Waals surface area (Å²) in [7, 11) is 0. The fourth-order valence-corrected chi connectivity index (χ4v) is 1.52. The largest absolute Gasteiger partial charge is 0.472 e. The van der Waals surface area contributed by atoms with Crippen LogP contribution < -0.4 is 10.1 Å². The zero-order chi connectivity index (χ0) is 13.5. The van der Waals surface area contributed by atoms with Crippen LogP contribution in [-0.2, 0) is 6.54 Å². The topological polar surface area (TPSA) is 45.0 Å². The molecule has 0 aliphatic carbocycles. The van der Waals surface area contributed by atoms with Crippen molar-refractivity contribution in [1.82, 2.24) is 5.32 Å². The minimum atomic E-state index is -0.661. The molecule has 1 unspecified atom stereocenters. The summed E-state index contributed by atoms with van der Waals surface area (Å²) in [4.78, 5) is 0. The normalized spacial score (nSPS) is 12.2. The van der Waals surface area contributed by atoms with Crippen molar-refractivity contribution < 1.29 is 9.13 Å². The van der Waals surface area contributed by atoms with Crippen molar-refractivity contribution >= 4 is 0 Å². The third-order valence-corrected chi connectivity index (χ3v) is 2.39. The Labute approximate surface area is 108 Å². The van der Waals surface area contributed by atoms with Gasteiger partial charge in [0.25, 0.3) is 0 Å². The molecule has 1 aromatic carbocycles. The first-order valence-electron chi connectivity index (χ1n) is 6.09. The Morgan fingerprint density at radius 1 is 1.39 bits per heavy atom. The zero-order valence-corrected chi connectivity index (χ0v) is 11.0. The van der Waals surface area contributed by atoms with Crippen molar-refractivity contribution in [3.63, 3.8) is 0 Å². The van der Waals surface area contributed by atoms with Gasteiger partial charge in [0.2, 0.25) is 0 Å². The summed E-state index contributed by atoms with van der Waals surface area (Å²) in [5.74, 6) is 0.268. The first kappa shape index (κ1) is 14.5. The van der Waals surface area contributed by atoms with Crippen molar-refractivity contribution in [1.29, 1.82) is 5.26 Å². The van der Waals surface area contributed by atoms with E-state index in [4.69, 9.17) is 10.00 Å². The van der Waals surface area contributed by atoms with Crippen LogP contribution >= 0.6 is 0 Å². The molecule has 1 atom stereocenters. The second kappa shape index (κ2) is 6.97. The number of para-hydroxylation sites is 1. The molecule has 0 saturated heterocycles. The Morgan fingerprint density at radius 2 is 2.11 bits per heavy atom. The molecule has 0 radical (unpaired) electrons. The first-order chi connectivity index (χ1) is 8.54. The van der Waals surface area contributed by atoms with E-state index in [1.54, 1.807) is 19.1 Å². The van der Waals surface area contributed by atoms with Crippen LogP contribution in [0, 0.1) is 23.1 Å². The van der Waals surface area contributed by atoms with Gasteiger partial charge in [-0.2, -0.15) is 5.26 Å². The Morgan fingerprint density at radius 3 is 2.72 bits per heavy atom. The number of benzene rings is 1. The summed E-state index contributed by atoms with van der Waals surface area (Å²) < 4.78 is 19.0. The molecule has 0 aromatic heterocycles. The van der Waals surface area contributed by atoms with Gasteiger partial charge < -0.3 is 10.1 Å². The van der Waals surface area contributed by atoms with Gasteiger partial charge in [-0.15, -0.1) is 0 Å². The molecule has 0 heterocycles. The average molecular weight is 250 g/mol. The molecule has 0 aliphatic heterocycles. The molecule has 4 heteroatoms. The number of nitriles is 1. The predicted molar refractivity (Wildman–Crippen MR) is 68.6 cm³/mol. The SMILES string of the molecule is CC(C)CNCc1cccc(F)c1OC(C)C#N. The minimum Gasteiger partial charge on any atom is -0.472 e. The third kappa shape index (κ3) is 4.34. The van der Waals surface area contributed by atoms with E-state index >= 15 is 0 Å². The van der Waals surface area contributed by atoms with Crippen molar-refractivity contribution in [2.75, 3.05) is 6.54 Å². The van der Waals surface area contributed by atoms with Crippen LogP contribution in [0.3, 0.4) is 0 Å². The number of nitrogens with one attached hydrogen (secondary N) is 1. The molecule has 0 fully saturated rings. The van der Waals surface area contributed by atoms with Crippen molar-refractivity contribution in [3.05, 3.63) is 29.6 Å². The van der Waals surface area contributed by atoms with Gasteiger partial charge in [0, 0.05) is 12.1 Å². The first-order valence-corrected chi connectivity index (χ1v) is 6.09. The third-order valence-electron chi connectivity index (χ3n) is 2.39. The summed E-state index contributed by atoms with van der Waals surface area (Å²) in [6.07, 6.45) is -0.661. The summed E-state index contributed by atoms with van der Waals surface area (Å²) in [6.45, 7) is 7.19. The lowest BCUT2D eigenvalue weighted by atomic mass is 10.1. The lowest BCUT2D eigenvalue weighted by Gasteiger charge is -2.14. The summed E-state index contributed by atoms with van der Waals surface area (Å²) in [6, 6.07) is 6.72. The summed E-state index contributed by atoms with van der Waals surface area (Å²) in [5.41, 5.74) is 0.734. The molecule has 0 amide bonds. The van der Waals surface area contributed by atoms with Crippen LogP contribution in [0.4, 0.5) is 4.39 Å². The second-order valence-corrected chi connectivity index (χ2v) is 4.64. The maximum atomic E-state index is 13.7. The van der Waals surface area contributed by atoms with Gasteiger partial charge in [-0.1, -0.05) is 26.0 Å². The molecule has 1 N–H and O–H groups in total. The van der Waals surface area contributed by atoms with E-state index in [1.807, 2.05) is 6.07 Å². The van der Waals surface area contributed by atoms with E-state index in [2.05, 4.69) is 19.2 Å². The zero-order valence-electron chi connectivity index (χ0n) is 11.0. The lowest BCUT2D eigenvalue weighted by Crippen LogP contribution is -2.20. The van der Waals surface area contributed by atoms with E-state index in [1.165, 1.54) is 6.07 Å². The fraction of sp³-hybridized carbons (Fsp3) is 0.500. The van der Waals surface area contributed by atoms with Crippen molar-refractivity contribution in [2.24, 2.45) is 5.92 Å². The Hall–Kier alpha value is -1.60. The van der Waals surface area contributed by atoms with Crippen molar-refractivity contribution in [3.8, 4) is 11.8 Å². The van der Waals surface area contributed by atoms with Crippen LogP contribution in [0.2, 0.25) is 0 Å². The summed E-state index contributed by atoms with van der Waals surface area (Å²) >= 11 is 0. The van der Waals surface area contributed by atoms with Gasteiger partial charge in [-0.05, 0) is 25.5 Å². The number of hydrogen-bond donors (Lipinski definition) is 1. The number of halogens is 1. The van der Waals surface area contributed by atoms with Gasteiger partial charge in [0.1, 0.15) is 6.07 Å². The molecule has 0 spiro atoms. The second-order valence-electron chi connectivity index (χ2n) is 4.64. The van der Waals surface area contributed by atoms with Gasteiger partial charge in [-0.3, -0.25) is 0 Å². The molecular formula is C14H19FN2O. The molecule has 98 valence electrons. The Balaban J connectivity index is 2.77. The van der Waals surface area contributed by atoms with Gasteiger partial charge in [-0.25, -0.2) is 4.39 Å². The fourth-order valence-electron chi connectivity index (χ4n) is 1.52. The smallest absolute Gasteiger partial charge is 0.181 e. The highest BCUT2D eigenvalue weighted by Gasteiger charge is 2.12. The van der Waals surface area contributed by atoms with E-state index in [9.17, 15) is 4.39 Å². The van der Waals surface area contributed by atoms with E-state index in [0.29, 0.717) is 12.5 Å². The molecule has 0 saturated carbocycles. The number of nitrogens with zero attached hydrogens (tertiary/aromatic N) is 1. The summed E-state index contributed by atoms with van der Waals surface area (Å²) in [5, 5.41) is 11.9. The maximum Gasteiger partial charge on any atom is 0.181 e. The van der Waals surface area contributed by atoms with Crippen molar-refractivity contribution in [2.45, 2.75) is 33.4 Å². The van der Waals surface area contributed by atoms with Crippen LogP contribution in [0.1, 0.15) is 26.3 Å². The van der Waals surface area contributed by atoms with E-state index < -0.39 is 11.9 Å². The lowest BCUT2D eigenvalue weighted by molar-refractivity contribution is 0.259. The highest BCUT2D eigenvalue weighted by atomic mass is 19.1. The van der Waals surface area contributed by atoms with Gasteiger partial charge in [0.15, 0.2) is 17.7 Å². The molecule has 18 heavy (non-hydrogen) atoms. The van der Waals surface area contributed by atoms with Crippen LogP contribution in [0.25, 0.3) is 0 Å². The minimum absolute atomic E-state index is 0.169. The van der Waals surface area contributed by atoms with E-state index in [-0.39, 0.29) is 5.75 Å². The number of ether oxygens (including phenoxy) is 1. The molecule has 1 rings (SSSR count). The molecule has 1 aromatic rings. The van der Waals surface area contributed by atoms with E-state index in [0.717, 1.165) is 12.1 Å². The highest BCUT2D eigenvalue weighted by Crippen LogP contribution is 2.23.